The molecule has 0 radical (unpaired) electrons. The van der Waals surface area contributed by atoms with Gasteiger partial charge in [0.25, 0.3) is 0 Å². The highest BCUT2D eigenvalue weighted by atomic mass is 16.3. The number of aldehydes is 1. The van der Waals surface area contributed by atoms with Gasteiger partial charge in [0, 0.05) is 6.42 Å². The lowest BCUT2D eigenvalue weighted by Crippen LogP contribution is -1.83. The smallest absolute Gasteiger partial charge is 0.185 e. The fraction of sp³-hybridized carbons (Fsp3) is 0.500. The lowest BCUT2D eigenvalue weighted by molar-refractivity contribution is 0.109. The average Bonchev–Trinajstić information content (AvgIpc) is 2.43. The Labute approximate surface area is 72.6 Å². The van der Waals surface area contributed by atoms with Crippen molar-refractivity contribution < 1.29 is 9.21 Å². The van der Waals surface area contributed by atoms with Crippen LogP contribution >= 0.6 is 0 Å². The summed E-state index contributed by atoms with van der Waals surface area (Å²) in [6.07, 6.45) is 3.96. The summed E-state index contributed by atoms with van der Waals surface area (Å²) < 4.78 is 5.30. The van der Waals surface area contributed by atoms with Crippen LogP contribution in [0.4, 0.5) is 0 Å². The lowest BCUT2D eigenvalue weighted by Gasteiger charge is -1.94. The zero-order valence-corrected chi connectivity index (χ0v) is 7.59. The summed E-state index contributed by atoms with van der Waals surface area (Å²) in [6, 6.07) is 1.79. The van der Waals surface area contributed by atoms with Gasteiger partial charge in [-0.3, -0.25) is 4.79 Å². The Morgan fingerprint density at radius 1 is 1.58 bits per heavy atom. The minimum atomic E-state index is 0.443. The third kappa shape index (κ3) is 1.97. The quantitative estimate of drug-likeness (QED) is 0.644. The molecular weight excluding hydrogens is 152 g/mol. The normalized spacial score (nSPS) is 10.2. The molecule has 66 valence electrons. The number of rotatable bonds is 4. The van der Waals surface area contributed by atoms with Gasteiger partial charge in [-0.15, -0.1) is 0 Å². The van der Waals surface area contributed by atoms with E-state index in [-0.39, 0.29) is 0 Å². The summed E-state index contributed by atoms with van der Waals surface area (Å²) in [6.45, 7) is 4.11. The van der Waals surface area contributed by atoms with Crippen molar-refractivity contribution in [2.24, 2.45) is 0 Å². The van der Waals surface area contributed by atoms with Crippen LogP contribution in [-0.4, -0.2) is 6.29 Å². The topological polar surface area (TPSA) is 30.2 Å². The summed E-state index contributed by atoms with van der Waals surface area (Å²) in [5.41, 5.74) is 1.09. The van der Waals surface area contributed by atoms with Gasteiger partial charge in [0.1, 0.15) is 5.76 Å². The third-order valence-electron chi connectivity index (χ3n) is 1.91. The van der Waals surface area contributed by atoms with Crippen LogP contribution in [0.5, 0.6) is 0 Å². The molecule has 1 heterocycles. The molecule has 0 fully saturated rings. The fourth-order valence-electron chi connectivity index (χ4n) is 1.19. The first-order chi connectivity index (χ1) is 5.77. The molecule has 0 bridgehead atoms. The Balaban J connectivity index is 2.70. The molecule has 0 atom stereocenters. The first kappa shape index (κ1) is 9.04. The van der Waals surface area contributed by atoms with Crippen LogP contribution in [0.25, 0.3) is 0 Å². The zero-order valence-electron chi connectivity index (χ0n) is 7.59. The largest absolute Gasteiger partial charge is 0.458 e. The minimum absolute atomic E-state index is 0.443. The predicted octanol–water partition coefficient (Wildman–Crippen LogP) is 2.74. The molecule has 0 aliphatic rings. The second-order valence-electron chi connectivity index (χ2n) is 2.98. The van der Waals surface area contributed by atoms with E-state index in [0.29, 0.717) is 5.76 Å². The van der Waals surface area contributed by atoms with E-state index in [9.17, 15) is 4.79 Å². The number of carbonyl (C=O) groups excluding carboxylic acids is 1. The van der Waals surface area contributed by atoms with Crippen molar-refractivity contribution in [3.8, 4) is 0 Å². The van der Waals surface area contributed by atoms with Crippen LogP contribution in [0.2, 0.25) is 0 Å². The highest BCUT2D eigenvalue weighted by Crippen LogP contribution is 2.15. The van der Waals surface area contributed by atoms with Gasteiger partial charge in [-0.1, -0.05) is 13.3 Å². The average molecular weight is 166 g/mol. The van der Waals surface area contributed by atoms with Crippen molar-refractivity contribution in [1.29, 1.82) is 0 Å². The van der Waals surface area contributed by atoms with E-state index in [1.165, 1.54) is 0 Å². The van der Waals surface area contributed by atoms with Crippen LogP contribution in [-0.2, 0) is 6.42 Å². The van der Waals surface area contributed by atoms with Gasteiger partial charge in [-0.25, -0.2) is 0 Å². The molecule has 0 unspecified atom stereocenters. The van der Waals surface area contributed by atoms with Gasteiger partial charge in [-0.2, -0.15) is 0 Å². The van der Waals surface area contributed by atoms with Crippen molar-refractivity contribution in [2.45, 2.75) is 33.1 Å². The standard InChI is InChI=1S/C10H14O2/c1-3-4-5-10-8(2)6-9(7-11)12-10/h6-7H,3-5H2,1-2H3. The number of unbranched alkanes of at least 4 members (excludes halogenated alkanes) is 1. The van der Waals surface area contributed by atoms with E-state index >= 15 is 0 Å². The maximum atomic E-state index is 10.4. The van der Waals surface area contributed by atoms with Gasteiger partial charge in [0.05, 0.1) is 0 Å². The first-order valence-corrected chi connectivity index (χ1v) is 4.32. The molecule has 0 aliphatic carbocycles. The molecule has 0 N–H and O–H groups in total. The van der Waals surface area contributed by atoms with Gasteiger partial charge in [0.15, 0.2) is 12.0 Å². The molecule has 12 heavy (non-hydrogen) atoms. The van der Waals surface area contributed by atoms with E-state index in [2.05, 4.69) is 6.92 Å². The molecule has 1 rings (SSSR count). The Morgan fingerprint density at radius 3 is 2.83 bits per heavy atom. The SMILES string of the molecule is CCCCc1oc(C=O)cc1C. The number of hydrogen-bond acceptors (Lipinski definition) is 2. The summed E-state index contributed by atoms with van der Waals surface area (Å²) >= 11 is 0. The second-order valence-corrected chi connectivity index (χ2v) is 2.98. The van der Waals surface area contributed by atoms with E-state index in [1.54, 1.807) is 6.07 Å². The highest BCUT2D eigenvalue weighted by Gasteiger charge is 2.05. The number of furan rings is 1. The zero-order chi connectivity index (χ0) is 8.97. The van der Waals surface area contributed by atoms with Crippen LogP contribution in [0.1, 0.15) is 41.6 Å². The lowest BCUT2D eigenvalue weighted by atomic mass is 10.1. The van der Waals surface area contributed by atoms with Crippen LogP contribution in [0.15, 0.2) is 10.5 Å². The molecule has 1 aromatic rings. The molecule has 0 saturated carbocycles. The molecule has 2 heteroatoms. The molecule has 0 amide bonds. The number of hydrogen-bond donors (Lipinski definition) is 0. The number of aryl methyl sites for hydroxylation is 2. The summed E-state index contributed by atoms with van der Waals surface area (Å²) in [7, 11) is 0. The number of carbonyl (C=O) groups is 1. The van der Waals surface area contributed by atoms with E-state index < -0.39 is 0 Å². The molecule has 2 nitrogen and oxygen atoms in total. The second kappa shape index (κ2) is 4.10. The van der Waals surface area contributed by atoms with Crippen molar-refractivity contribution in [3.63, 3.8) is 0 Å². The Hall–Kier alpha value is -1.05. The van der Waals surface area contributed by atoms with Crippen LogP contribution in [0, 0.1) is 6.92 Å². The maximum absolute atomic E-state index is 10.4. The van der Waals surface area contributed by atoms with E-state index in [0.717, 1.165) is 36.9 Å². The molecule has 0 aliphatic heterocycles. The van der Waals surface area contributed by atoms with Crippen molar-refractivity contribution in [1.82, 2.24) is 0 Å². The Kier molecular flexibility index (Phi) is 3.09. The van der Waals surface area contributed by atoms with Gasteiger partial charge in [-0.05, 0) is 25.0 Å². The van der Waals surface area contributed by atoms with Gasteiger partial charge in [0.2, 0.25) is 0 Å². The first-order valence-electron chi connectivity index (χ1n) is 4.32. The fourth-order valence-corrected chi connectivity index (χ4v) is 1.19. The third-order valence-corrected chi connectivity index (χ3v) is 1.91. The van der Waals surface area contributed by atoms with E-state index in [4.69, 9.17) is 4.42 Å². The molecule has 0 aromatic carbocycles. The van der Waals surface area contributed by atoms with Crippen molar-refractivity contribution in [2.75, 3.05) is 0 Å². The molecule has 1 aromatic heterocycles. The molecular formula is C10H14O2. The Morgan fingerprint density at radius 2 is 2.33 bits per heavy atom. The van der Waals surface area contributed by atoms with Crippen LogP contribution in [0.3, 0.4) is 0 Å². The predicted molar refractivity (Wildman–Crippen MR) is 47.4 cm³/mol. The van der Waals surface area contributed by atoms with Crippen LogP contribution < -0.4 is 0 Å². The molecule has 0 saturated heterocycles. The molecule has 0 spiro atoms. The van der Waals surface area contributed by atoms with E-state index in [1.807, 2.05) is 6.92 Å². The Bertz CT molecular complexity index is 261. The minimum Gasteiger partial charge on any atom is -0.458 e. The maximum Gasteiger partial charge on any atom is 0.185 e. The summed E-state index contributed by atoms with van der Waals surface area (Å²) in [5, 5.41) is 0. The van der Waals surface area contributed by atoms with Crippen molar-refractivity contribution in [3.05, 3.63) is 23.2 Å². The van der Waals surface area contributed by atoms with Crippen molar-refractivity contribution >= 4 is 6.29 Å². The summed E-state index contributed by atoms with van der Waals surface area (Å²) in [4.78, 5) is 10.4. The highest BCUT2D eigenvalue weighted by molar-refractivity contribution is 5.71. The monoisotopic (exact) mass is 166 g/mol. The van der Waals surface area contributed by atoms with Gasteiger partial charge < -0.3 is 4.42 Å². The summed E-state index contributed by atoms with van der Waals surface area (Å²) in [5.74, 6) is 1.40. The van der Waals surface area contributed by atoms with Gasteiger partial charge >= 0.3 is 0 Å².